The average Bonchev–Trinajstić information content (AvgIpc) is 2.52. The Balaban J connectivity index is 2.16. The molecule has 3 rings (SSSR count). The Bertz CT molecular complexity index is 783. The van der Waals surface area contributed by atoms with Gasteiger partial charge in [-0.25, -0.2) is 5.43 Å². The molecule has 4 heteroatoms. The third kappa shape index (κ3) is 2.92. The lowest BCUT2D eigenvalue weighted by Crippen LogP contribution is -2.29. The molecule has 21 heavy (non-hydrogen) atoms. The molecule has 1 unspecified atom stereocenters. The molecule has 0 fully saturated rings. The largest absolute Gasteiger partial charge is 0.271 e. The first-order chi connectivity index (χ1) is 10.2. The summed E-state index contributed by atoms with van der Waals surface area (Å²) in [5, 5.41) is 3.14. The molecule has 0 bridgehead atoms. The van der Waals surface area contributed by atoms with Gasteiger partial charge in [0.2, 0.25) is 0 Å². The standard InChI is InChI=1S/C17H14ClIN2/c18-15-10-12(8-9-16(15)19)17(21-20)14-7-3-5-11-4-1-2-6-13(11)14/h1-10,17,21H,20H2. The van der Waals surface area contributed by atoms with E-state index in [2.05, 4.69) is 64.4 Å². The number of hydrazine groups is 1. The minimum absolute atomic E-state index is 0.0920. The van der Waals surface area contributed by atoms with Gasteiger partial charge in [0.25, 0.3) is 0 Å². The summed E-state index contributed by atoms with van der Waals surface area (Å²) in [6.07, 6.45) is 0. The maximum absolute atomic E-state index is 6.24. The SMILES string of the molecule is NNC(c1ccc(I)c(Cl)c1)c1cccc2ccccc12. The number of benzene rings is 3. The van der Waals surface area contributed by atoms with Crippen LogP contribution in [0.2, 0.25) is 5.02 Å². The predicted molar refractivity (Wildman–Crippen MR) is 97.3 cm³/mol. The number of rotatable bonds is 3. The minimum Gasteiger partial charge on any atom is -0.271 e. The molecule has 1 atom stereocenters. The first kappa shape index (κ1) is 14.8. The molecule has 106 valence electrons. The molecular weight excluding hydrogens is 395 g/mol. The van der Waals surface area contributed by atoms with Gasteiger partial charge in [0.05, 0.1) is 11.1 Å². The Morgan fingerprint density at radius 2 is 1.76 bits per heavy atom. The van der Waals surface area contributed by atoms with E-state index >= 15 is 0 Å². The van der Waals surface area contributed by atoms with Crippen LogP contribution in [0.5, 0.6) is 0 Å². The molecular formula is C17H14ClIN2. The Labute approximate surface area is 142 Å². The van der Waals surface area contributed by atoms with Gasteiger partial charge in [-0.15, -0.1) is 0 Å². The third-order valence-corrected chi connectivity index (χ3v) is 5.15. The van der Waals surface area contributed by atoms with E-state index in [1.54, 1.807) is 0 Å². The van der Waals surface area contributed by atoms with E-state index in [1.807, 2.05) is 24.3 Å². The molecule has 0 aliphatic heterocycles. The highest BCUT2D eigenvalue weighted by Crippen LogP contribution is 2.30. The van der Waals surface area contributed by atoms with Crippen LogP contribution < -0.4 is 11.3 Å². The summed E-state index contributed by atoms with van der Waals surface area (Å²) in [6.45, 7) is 0. The van der Waals surface area contributed by atoms with Crippen LogP contribution >= 0.6 is 34.2 Å². The summed E-state index contributed by atoms with van der Waals surface area (Å²) in [5.41, 5.74) is 5.11. The van der Waals surface area contributed by atoms with Crippen molar-refractivity contribution in [3.63, 3.8) is 0 Å². The van der Waals surface area contributed by atoms with Crippen molar-refractivity contribution in [2.45, 2.75) is 6.04 Å². The first-order valence-electron chi connectivity index (χ1n) is 6.59. The number of hydrogen-bond acceptors (Lipinski definition) is 2. The van der Waals surface area contributed by atoms with Gasteiger partial charge >= 0.3 is 0 Å². The summed E-state index contributed by atoms with van der Waals surface area (Å²) < 4.78 is 1.03. The zero-order chi connectivity index (χ0) is 14.8. The van der Waals surface area contributed by atoms with Crippen LogP contribution in [0.15, 0.2) is 60.7 Å². The van der Waals surface area contributed by atoms with E-state index in [4.69, 9.17) is 17.4 Å². The highest BCUT2D eigenvalue weighted by Gasteiger charge is 2.16. The number of nitrogens with two attached hydrogens (primary N) is 1. The first-order valence-corrected chi connectivity index (χ1v) is 8.05. The van der Waals surface area contributed by atoms with Crippen LogP contribution in [-0.2, 0) is 0 Å². The van der Waals surface area contributed by atoms with Crippen LogP contribution in [0, 0.1) is 3.57 Å². The van der Waals surface area contributed by atoms with Crippen molar-refractivity contribution in [2.75, 3.05) is 0 Å². The van der Waals surface area contributed by atoms with Crippen molar-refractivity contribution in [3.05, 3.63) is 80.4 Å². The Kier molecular flexibility index (Phi) is 4.45. The molecule has 2 nitrogen and oxygen atoms in total. The molecule has 3 N–H and O–H groups in total. The quantitative estimate of drug-likeness (QED) is 0.376. The van der Waals surface area contributed by atoms with Gasteiger partial charge in [0.15, 0.2) is 0 Å². The Hall–Kier alpha value is -1.14. The van der Waals surface area contributed by atoms with Gasteiger partial charge in [-0.2, -0.15) is 0 Å². The lowest BCUT2D eigenvalue weighted by atomic mass is 9.94. The summed E-state index contributed by atoms with van der Waals surface area (Å²) in [6, 6.07) is 20.5. The minimum atomic E-state index is -0.0920. The Morgan fingerprint density at radius 1 is 1.00 bits per heavy atom. The van der Waals surface area contributed by atoms with Crippen LogP contribution in [0.4, 0.5) is 0 Å². The topological polar surface area (TPSA) is 38.0 Å². The monoisotopic (exact) mass is 408 g/mol. The van der Waals surface area contributed by atoms with Gasteiger partial charge in [0.1, 0.15) is 0 Å². The smallest absolute Gasteiger partial charge is 0.0716 e. The van der Waals surface area contributed by atoms with Gasteiger partial charge in [-0.3, -0.25) is 5.84 Å². The molecule has 0 spiro atoms. The fourth-order valence-electron chi connectivity index (χ4n) is 2.56. The maximum Gasteiger partial charge on any atom is 0.0716 e. The molecule has 0 aromatic heterocycles. The summed E-state index contributed by atoms with van der Waals surface area (Å²) in [7, 11) is 0. The van der Waals surface area contributed by atoms with Crippen molar-refractivity contribution in [3.8, 4) is 0 Å². The van der Waals surface area contributed by atoms with Gasteiger partial charge < -0.3 is 0 Å². The van der Waals surface area contributed by atoms with Crippen molar-refractivity contribution >= 4 is 45.0 Å². The molecule has 0 amide bonds. The van der Waals surface area contributed by atoms with E-state index in [9.17, 15) is 0 Å². The fourth-order valence-corrected chi connectivity index (χ4v) is 3.08. The van der Waals surface area contributed by atoms with Gasteiger partial charge in [-0.05, 0) is 56.6 Å². The number of nitrogens with one attached hydrogen (secondary N) is 1. The lowest BCUT2D eigenvalue weighted by molar-refractivity contribution is 0.641. The summed E-state index contributed by atoms with van der Waals surface area (Å²) in [5.74, 6) is 5.82. The van der Waals surface area contributed by atoms with E-state index in [1.165, 1.54) is 10.8 Å². The van der Waals surface area contributed by atoms with Gasteiger partial charge in [-0.1, -0.05) is 60.1 Å². The Morgan fingerprint density at radius 3 is 2.52 bits per heavy atom. The molecule has 0 heterocycles. The van der Waals surface area contributed by atoms with E-state index in [0.29, 0.717) is 0 Å². The predicted octanol–water partition coefficient (Wildman–Crippen LogP) is 4.65. The lowest BCUT2D eigenvalue weighted by Gasteiger charge is -2.19. The summed E-state index contributed by atoms with van der Waals surface area (Å²) in [4.78, 5) is 0. The zero-order valence-corrected chi connectivity index (χ0v) is 14.1. The molecule has 3 aromatic rings. The van der Waals surface area contributed by atoms with E-state index in [0.717, 1.165) is 19.7 Å². The molecule has 0 radical (unpaired) electrons. The van der Waals surface area contributed by atoms with Crippen LogP contribution in [0.1, 0.15) is 17.2 Å². The highest BCUT2D eigenvalue weighted by atomic mass is 127. The molecule has 0 saturated carbocycles. The summed E-state index contributed by atoms with van der Waals surface area (Å²) >= 11 is 8.47. The average molecular weight is 409 g/mol. The van der Waals surface area contributed by atoms with Crippen LogP contribution in [0.25, 0.3) is 10.8 Å². The van der Waals surface area contributed by atoms with Crippen molar-refractivity contribution < 1.29 is 0 Å². The van der Waals surface area contributed by atoms with Crippen molar-refractivity contribution in [1.82, 2.24) is 5.43 Å². The number of fused-ring (bicyclic) bond motifs is 1. The van der Waals surface area contributed by atoms with E-state index < -0.39 is 0 Å². The fraction of sp³-hybridized carbons (Fsp3) is 0.0588. The molecule has 0 saturated heterocycles. The second kappa shape index (κ2) is 6.32. The molecule has 3 aromatic carbocycles. The zero-order valence-electron chi connectivity index (χ0n) is 11.2. The highest BCUT2D eigenvalue weighted by molar-refractivity contribution is 14.1. The second-order valence-electron chi connectivity index (χ2n) is 4.84. The number of halogens is 2. The normalized spacial score (nSPS) is 12.5. The van der Waals surface area contributed by atoms with Crippen LogP contribution in [-0.4, -0.2) is 0 Å². The van der Waals surface area contributed by atoms with Crippen molar-refractivity contribution in [2.24, 2.45) is 5.84 Å². The molecule has 0 aliphatic rings. The van der Waals surface area contributed by atoms with Crippen LogP contribution in [0.3, 0.4) is 0 Å². The second-order valence-corrected chi connectivity index (χ2v) is 6.41. The third-order valence-electron chi connectivity index (χ3n) is 3.58. The van der Waals surface area contributed by atoms with Crippen molar-refractivity contribution in [1.29, 1.82) is 0 Å². The molecule has 0 aliphatic carbocycles. The van der Waals surface area contributed by atoms with Gasteiger partial charge in [0, 0.05) is 3.57 Å². The number of hydrogen-bond donors (Lipinski definition) is 2. The van der Waals surface area contributed by atoms with E-state index in [-0.39, 0.29) is 6.04 Å². The maximum atomic E-state index is 6.24.